The lowest BCUT2D eigenvalue weighted by molar-refractivity contribution is -0.121. The maximum Gasteiger partial charge on any atom is 0.234 e. The number of piperazine rings is 1. The van der Waals surface area contributed by atoms with Crippen LogP contribution >= 0.6 is 0 Å². The fraction of sp³-hybridized carbons (Fsp3) is 0.591. The summed E-state index contributed by atoms with van der Waals surface area (Å²) >= 11 is 0. The standard InChI is InChI=1S/C22H29N5O/c23-11-9-22(28)25-20-7-5-18(6-8-20)10-12-26-13-15-27(16-14-26)21-4-2-1-3-19(21)17-24/h1-4,18,20H,5-10,12-16H2,(H,25,28). The lowest BCUT2D eigenvalue weighted by Gasteiger charge is -2.37. The van der Waals surface area contributed by atoms with E-state index in [0.29, 0.717) is 0 Å². The molecule has 2 aliphatic rings. The summed E-state index contributed by atoms with van der Waals surface area (Å²) in [6.07, 6.45) is 5.56. The van der Waals surface area contributed by atoms with Crippen molar-refractivity contribution in [1.29, 1.82) is 10.5 Å². The Morgan fingerprint density at radius 2 is 1.79 bits per heavy atom. The zero-order valence-electron chi connectivity index (χ0n) is 16.4. The maximum atomic E-state index is 11.5. The van der Waals surface area contributed by atoms with Crippen LogP contribution in [-0.2, 0) is 4.79 Å². The van der Waals surface area contributed by atoms with Crippen LogP contribution in [0.25, 0.3) is 0 Å². The summed E-state index contributed by atoms with van der Waals surface area (Å²) in [6, 6.07) is 12.3. The van der Waals surface area contributed by atoms with E-state index in [1.165, 1.54) is 6.42 Å². The molecule has 0 bridgehead atoms. The van der Waals surface area contributed by atoms with Gasteiger partial charge in [-0.15, -0.1) is 0 Å². The van der Waals surface area contributed by atoms with Gasteiger partial charge in [0.25, 0.3) is 0 Å². The highest BCUT2D eigenvalue weighted by Crippen LogP contribution is 2.27. The van der Waals surface area contributed by atoms with Crippen LogP contribution in [0, 0.1) is 28.6 Å². The van der Waals surface area contributed by atoms with Crippen LogP contribution in [-0.4, -0.2) is 49.6 Å². The van der Waals surface area contributed by atoms with Crippen molar-refractivity contribution in [3.8, 4) is 12.1 Å². The molecule has 0 unspecified atom stereocenters. The first kappa shape index (κ1) is 20.2. The molecule has 1 N–H and O–H groups in total. The number of carbonyl (C=O) groups excluding carboxylic acids is 1. The van der Waals surface area contributed by atoms with Gasteiger partial charge in [0.15, 0.2) is 0 Å². The van der Waals surface area contributed by atoms with Crippen LogP contribution in [0.3, 0.4) is 0 Å². The number of amides is 1. The van der Waals surface area contributed by atoms with Crippen molar-refractivity contribution in [1.82, 2.24) is 10.2 Å². The van der Waals surface area contributed by atoms with Crippen LogP contribution in [0.15, 0.2) is 24.3 Å². The van der Waals surface area contributed by atoms with Crippen molar-refractivity contribution in [2.75, 3.05) is 37.6 Å². The van der Waals surface area contributed by atoms with E-state index < -0.39 is 0 Å². The van der Waals surface area contributed by atoms with Crippen molar-refractivity contribution >= 4 is 11.6 Å². The number of nitriles is 2. The van der Waals surface area contributed by atoms with Gasteiger partial charge in [0.2, 0.25) is 5.91 Å². The van der Waals surface area contributed by atoms with Crippen LogP contribution in [0.2, 0.25) is 0 Å². The molecule has 28 heavy (non-hydrogen) atoms. The van der Waals surface area contributed by atoms with Crippen molar-refractivity contribution in [2.45, 2.75) is 44.6 Å². The zero-order valence-corrected chi connectivity index (χ0v) is 16.4. The average Bonchev–Trinajstić information content (AvgIpc) is 2.74. The van der Waals surface area contributed by atoms with Crippen molar-refractivity contribution < 1.29 is 4.79 Å². The second kappa shape index (κ2) is 10.1. The first-order valence-electron chi connectivity index (χ1n) is 10.3. The molecule has 1 aliphatic carbocycles. The van der Waals surface area contributed by atoms with Crippen molar-refractivity contribution in [3.05, 3.63) is 29.8 Å². The molecule has 0 aromatic heterocycles. The minimum absolute atomic E-state index is 0.0370. The molecule has 2 fully saturated rings. The predicted octanol–water partition coefficient (Wildman–Crippen LogP) is 2.66. The van der Waals surface area contributed by atoms with Gasteiger partial charge in [-0.25, -0.2) is 0 Å². The van der Waals surface area contributed by atoms with Crippen molar-refractivity contribution in [3.63, 3.8) is 0 Å². The molecular formula is C22H29N5O. The average molecular weight is 380 g/mol. The Morgan fingerprint density at radius 1 is 1.07 bits per heavy atom. The highest BCUT2D eigenvalue weighted by atomic mass is 16.1. The van der Waals surface area contributed by atoms with Gasteiger partial charge in [-0.05, 0) is 56.7 Å². The molecule has 1 heterocycles. The number of hydrogen-bond donors (Lipinski definition) is 1. The van der Waals surface area contributed by atoms with Gasteiger partial charge in [-0.2, -0.15) is 10.5 Å². The molecule has 1 saturated carbocycles. The molecule has 3 rings (SSSR count). The maximum absolute atomic E-state index is 11.5. The van der Waals surface area contributed by atoms with E-state index in [2.05, 4.69) is 21.2 Å². The van der Waals surface area contributed by atoms with Gasteiger partial charge in [0.1, 0.15) is 12.5 Å². The number of nitrogens with one attached hydrogen (secondary N) is 1. The van der Waals surface area contributed by atoms with Crippen molar-refractivity contribution in [2.24, 2.45) is 5.92 Å². The normalized spacial score (nSPS) is 22.9. The molecule has 0 atom stereocenters. The van der Waals surface area contributed by atoms with E-state index in [1.807, 2.05) is 30.3 Å². The molecule has 1 aromatic rings. The second-order valence-corrected chi connectivity index (χ2v) is 7.87. The Morgan fingerprint density at radius 3 is 2.46 bits per heavy atom. The van der Waals surface area contributed by atoms with Gasteiger partial charge >= 0.3 is 0 Å². The Hall–Kier alpha value is -2.57. The number of hydrogen-bond acceptors (Lipinski definition) is 5. The first-order valence-corrected chi connectivity index (χ1v) is 10.3. The number of carbonyl (C=O) groups is 1. The molecule has 148 valence electrons. The third-order valence-corrected chi connectivity index (χ3v) is 6.04. The molecule has 1 aliphatic heterocycles. The largest absolute Gasteiger partial charge is 0.368 e. The molecule has 0 radical (unpaired) electrons. The third kappa shape index (κ3) is 5.47. The summed E-state index contributed by atoms with van der Waals surface area (Å²) in [5, 5.41) is 20.9. The predicted molar refractivity (Wildman–Crippen MR) is 109 cm³/mol. The summed E-state index contributed by atoms with van der Waals surface area (Å²) in [6.45, 7) is 5.15. The molecule has 1 amide bonds. The van der Waals surface area contributed by atoms with Gasteiger partial charge < -0.3 is 10.2 Å². The topological polar surface area (TPSA) is 83.2 Å². The van der Waals surface area contributed by atoms with Crippen LogP contribution in [0.4, 0.5) is 5.69 Å². The molecule has 0 spiro atoms. The monoisotopic (exact) mass is 379 g/mol. The number of benzene rings is 1. The van der Waals surface area contributed by atoms with E-state index in [-0.39, 0.29) is 18.4 Å². The molecule has 1 saturated heterocycles. The highest BCUT2D eigenvalue weighted by molar-refractivity contribution is 5.78. The summed E-state index contributed by atoms with van der Waals surface area (Å²) < 4.78 is 0. The van der Waals surface area contributed by atoms with E-state index in [4.69, 9.17) is 5.26 Å². The van der Waals surface area contributed by atoms with E-state index in [9.17, 15) is 10.1 Å². The van der Waals surface area contributed by atoms with Crippen LogP contribution < -0.4 is 10.2 Å². The lowest BCUT2D eigenvalue weighted by Crippen LogP contribution is -2.47. The van der Waals surface area contributed by atoms with E-state index in [1.54, 1.807) is 0 Å². The number of nitrogens with zero attached hydrogens (tertiary/aromatic N) is 4. The smallest absolute Gasteiger partial charge is 0.234 e. The summed E-state index contributed by atoms with van der Waals surface area (Å²) in [4.78, 5) is 16.4. The molecule has 1 aromatic carbocycles. The third-order valence-electron chi connectivity index (χ3n) is 6.04. The van der Waals surface area contributed by atoms with Gasteiger partial charge in [-0.3, -0.25) is 9.69 Å². The van der Waals surface area contributed by atoms with Crippen LogP contribution in [0.5, 0.6) is 0 Å². The Bertz CT molecular complexity index is 734. The van der Waals surface area contributed by atoms with E-state index in [0.717, 1.165) is 75.6 Å². The Labute approximate surface area is 167 Å². The zero-order chi connectivity index (χ0) is 19.8. The van der Waals surface area contributed by atoms with Gasteiger partial charge in [0, 0.05) is 32.2 Å². The second-order valence-electron chi connectivity index (χ2n) is 7.87. The number of rotatable bonds is 6. The number of anilines is 1. The minimum atomic E-state index is -0.137. The quantitative estimate of drug-likeness (QED) is 0.821. The highest BCUT2D eigenvalue weighted by Gasteiger charge is 2.24. The summed E-state index contributed by atoms with van der Waals surface area (Å²) in [5.41, 5.74) is 1.82. The summed E-state index contributed by atoms with van der Waals surface area (Å²) in [7, 11) is 0. The van der Waals surface area contributed by atoms with Gasteiger partial charge in [-0.1, -0.05) is 12.1 Å². The van der Waals surface area contributed by atoms with E-state index >= 15 is 0 Å². The number of para-hydroxylation sites is 1. The fourth-order valence-corrected chi connectivity index (χ4v) is 4.37. The Kier molecular flexibility index (Phi) is 7.28. The Balaban J connectivity index is 1.36. The molecule has 6 nitrogen and oxygen atoms in total. The molecular weight excluding hydrogens is 350 g/mol. The lowest BCUT2D eigenvalue weighted by atomic mass is 9.84. The fourth-order valence-electron chi connectivity index (χ4n) is 4.37. The first-order chi connectivity index (χ1) is 13.7. The van der Waals surface area contributed by atoms with Crippen LogP contribution in [0.1, 0.15) is 44.1 Å². The summed E-state index contributed by atoms with van der Waals surface area (Å²) in [5.74, 6) is 0.600. The molecule has 6 heteroatoms. The van der Waals surface area contributed by atoms with Gasteiger partial charge in [0.05, 0.1) is 17.3 Å². The SMILES string of the molecule is N#CCC(=O)NC1CCC(CCN2CCN(c3ccccc3C#N)CC2)CC1. The minimum Gasteiger partial charge on any atom is -0.368 e.